The minimum Gasteiger partial charge on any atom is -0.368 e. The number of rotatable bonds is 9. The Hall–Kier alpha value is -4.79. The maximum absolute atomic E-state index is 13.5. The SMILES string of the molecule is CCn1ncc2c(Nc3cc(C)[nH]n3)nc(C3CCC(OC)(C(=O)N[C@@H](C)c4cnc(-n5cc(F)cn5)cn4)CC3)nc21. The van der Waals surface area contributed by atoms with Gasteiger partial charge in [0.15, 0.2) is 23.1 Å². The molecule has 0 bridgehead atoms. The summed E-state index contributed by atoms with van der Waals surface area (Å²) in [6.45, 7) is 6.46. The van der Waals surface area contributed by atoms with Crippen LogP contribution in [-0.4, -0.2) is 68.3 Å². The summed E-state index contributed by atoms with van der Waals surface area (Å²) < 4.78 is 22.3. The molecule has 0 saturated heterocycles. The highest BCUT2D eigenvalue weighted by atomic mass is 19.1. The van der Waals surface area contributed by atoms with E-state index in [9.17, 15) is 9.18 Å². The smallest absolute Gasteiger partial charge is 0.252 e. The van der Waals surface area contributed by atoms with Gasteiger partial charge in [-0.05, 0) is 46.5 Å². The number of hydrogen-bond acceptors (Lipinski definition) is 10. The molecule has 0 spiro atoms. The third-order valence-electron chi connectivity index (χ3n) is 7.96. The van der Waals surface area contributed by atoms with Gasteiger partial charge in [0.25, 0.3) is 5.91 Å². The lowest BCUT2D eigenvalue weighted by atomic mass is 9.77. The van der Waals surface area contributed by atoms with Crippen molar-refractivity contribution >= 4 is 28.6 Å². The Morgan fingerprint density at radius 2 is 2.00 bits per heavy atom. The van der Waals surface area contributed by atoms with E-state index in [4.69, 9.17) is 14.7 Å². The van der Waals surface area contributed by atoms with Crippen molar-refractivity contribution in [2.75, 3.05) is 12.4 Å². The predicted molar refractivity (Wildman–Crippen MR) is 154 cm³/mol. The molecule has 43 heavy (non-hydrogen) atoms. The quantitative estimate of drug-likeness (QED) is 0.231. The molecule has 1 atom stereocenters. The Labute approximate surface area is 246 Å². The molecule has 224 valence electrons. The lowest BCUT2D eigenvalue weighted by molar-refractivity contribution is -0.148. The van der Waals surface area contributed by atoms with Gasteiger partial charge in [-0.25, -0.2) is 28.7 Å². The monoisotopic (exact) mass is 588 g/mol. The first-order chi connectivity index (χ1) is 20.8. The zero-order valence-electron chi connectivity index (χ0n) is 24.4. The first kappa shape index (κ1) is 28.3. The lowest BCUT2D eigenvalue weighted by Gasteiger charge is -2.38. The minimum absolute atomic E-state index is 0.0325. The predicted octanol–water partition coefficient (Wildman–Crippen LogP) is 3.66. The highest BCUT2D eigenvalue weighted by molar-refractivity contribution is 5.88. The van der Waals surface area contributed by atoms with Gasteiger partial charge in [-0.15, -0.1) is 0 Å². The summed E-state index contributed by atoms with van der Waals surface area (Å²) in [6, 6.07) is 1.48. The largest absolute Gasteiger partial charge is 0.368 e. The minimum atomic E-state index is -0.992. The summed E-state index contributed by atoms with van der Waals surface area (Å²) >= 11 is 0. The van der Waals surface area contributed by atoms with E-state index in [1.54, 1.807) is 19.5 Å². The van der Waals surface area contributed by atoms with Crippen LogP contribution in [0.2, 0.25) is 0 Å². The fourth-order valence-corrected chi connectivity index (χ4v) is 5.45. The van der Waals surface area contributed by atoms with E-state index in [1.807, 2.05) is 31.5 Å². The molecule has 0 unspecified atom stereocenters. The number of ether oxygens (including phenoxy) is 1. The van der Waals surface area contributed by atoms with Gasteiger partial charge >= 0.3 is 0 Å². The highest BCUT2D eigenvalue weighted by Crippen LogP contribution is 2.40. The number of hydrogen-bond donors (Lipinski definition) is 3. The number of amides is 1. The van der Waals surface area contributed by atoms with Crippen molar-refractivity contribution in [2.45, 2.75) is 70.6 Å². The normalized spacial score (nSPS) is 19.4. The molecule has 3 N–H and O–H groups in total. The number of anilines is 2. The standard InChI is InChI=1S/C28H33FN12O2/c1-5-40-26-20(12-33-40)25(35-22-10-16(2)38-39-22)36-24(37-26)18-6-8-28(43-4,9-7-18)27(42)34-17(3)21-13-31-23(14-30-21)41-15-19(29)11-32-41/h10-15,17-18H,5-9H2,1-4H3,(H,34,42)(H2,35,36,37,38,39)/t17-,18?,28?/m0/s1. The van der Waals surface area contributed by atoms with Crippen LogP contribution in [0.5, 0.6) is 0 Å². The van der Waals surface area contributed by atoms with Gasteiger partial charge in [-0.2, -0.15) is 15.3 Å². The average molecular weight is 589 g/mol. The third kappa shape index (κ3) is 5.55. The number of nitrogens with one attached hydrogen (secondary N) is 3. The Bertz CT molecular complexity index is 1740. The Morgan fingerprint density at radius 1 is 1.19 bits per heavy atom. The molecule has 1 aliphatic carbocycles. The number of aromatic nitrogens is 10. The van der Waals surface area contributed by atoms with Crippen molar-refractivity contribution in [1.29, 1.82) is 0 Å². The highest BCUT2D eigenvalue weighted by Gasteiger charge is 2.43. The van der Waals surface area contributed by atoms with Crippen LogP contribution in [0.4, 0.5) is 16.0 Å². The van der Waals surface area contributed by atoms with Gasteiger partial charge in [0.05, 0.1) is 48.1 Å². The zero-order valence-corrected chi connectivity index (χ0v) is 24.4. The number of aromatic amines is 1. The molecule has 0 radical (unpaired) electrons. The number of fused-ring (bicyclic) bond motifs is 1. The zero-order chi connectivity index (χ0) is 30.1. The number of nitrogens with zero attached hydrogens (tertiary/aromatic N) is 9. The Kier molecular flexibility index (Phi) is 7.56. The maximum Gasteiger partial charge on any atom is 0.252 e. The Morgan fingerprint density at radius 3 is 2.63 bits per heavy atom. The second-order valence-corrected chi connectivity index (χ2v) is 10.8. The van der Waals surface area contributed by atoms with E-state index >= 15 is 0 Å². The fraction of sp³-hybridized carbons (Fsp3) is 0.429. The van der Waals surface area contributed by atoms with Crippen molar-refractivity contribution in [1.82, 2.24) is 55.0 Å². The van der Waals surface area contributed by atoms with Gasteiger partial charge in [-0.1, -0.05) is 0 Å². The van der Waals surface area contributed by atoms with Crippen LogP contribution in [0.3, 0.4) is 0 Å². The first-order valence-electron chi connectivity index (χ1n) is 14.2. The molecule has 6 rings (SSSR count). The van der Waals surface area contributed by atoms with Gasteiger partial charge in [0.2, 0.25) is 0 Å². The molecule has 0 aromatic carbocycles. The number of carbonyl (C=O) groups is 1. The molecule has 5 aromatic rings. The molecule has 5 heterocycles. The summed E-state index contributed by atoms with van der Waals surface area (Å²) in [7, 11) is 1.57. The first-order valence-corrected chi connectivity index (χ1v) is 14.2. The number of H-pyrrole nitrogens is 1. The van der Waals surface area contributed by atoms with E-state index in [1.165, 1.54) is 17.1 Å². The van der Waals surface area contributed by atoms with E-state index in [-0.39, 0.29) is 11.8 Å². The van der Waals surface area contributed by atoms with Gasteiger partial charge in [0, 0.05) is 31.3 Å². The van der Waals surface area contributed by atoms with Gasteiger partial charge in [-0.3, -0.25) is 14.9 Å². The summed E-state index contributed by atoms with van der Waals surface area (Å²) in [6.07, 6.45) is 9.43. The van der Waals surface area contributed by atoms with Crippen molar-refractivity contribution in [3.63, 3.8) is 0 Å². The average Bonchev–Trinajstić information content (AvgIpc) is 3.76. The summed E-state index contributed by atoms with van der Waals surface area (Å²) in [5.74, 6) is 1.73. The molecule has 15 heteroatoms. The summed E-state index contributed by atoms with van der Waals surface area (Å²) in [5, 5.41) is 22.8. The second-order valence-electron chi connectivity index (χ2n) is 10.8. The molecule has 5 aromatic heterocycles. The van der Waals surface area contributed by atoms with E-state index in [0.29, 0.717) is 61.2 Å². The van der Waals surface area contributed by atoms with E-state index in [2.05, 4.69) is 41.0 Å². The second kappa shape index (κ2) is 11.5. The number of halogens is 1. The van der Waals surface area contributed by atoms with Crippen LogP contribution in [0.25, 0.3) is 16.9 Å². The van der Waals surface area contributed by atoms with Crippen LogP contribution in [0, 0.1) is 12.7 Å². The summed E-state index contributed by atoms with van der Waals surface area (Å²) in [5.41, 5.74) is 1.25. The van der Waals surface area contributed by atoms with Crippen LogP contribution in [0.15, 0.2) is 37.1 Å². The maximum atomic E-state index is 13.5. The van der Waals surface area contributed by atoms with Crippen LogP contribution in [-0.2, 0) is 16.1 Å². The summed E-state index contributed by atoms with van der Waals surface area (Å²) in [4.78, 5) is 32.1. The topological polar surface area (TPSA) is 166 Å². The third-order valence-corrected chi connectivity index (χ3v) is 7.96. The van der Waals surface area contributed by atoms with Gasteiger partial charge in [0.1, 0.15) is 17.2 Å². The van der Waals surface area contributed by atoms with Crippen LogP contribution < -0.4 is 10.6 Å². The molecular formula is C28H33FN12O2. The van der Waals surface area contributed by atoms with Crippen molar-refractivity contribution in [3.8, 4) is 5.82 Å². The van der Waals surface area contributed by atoms with Crippen LogP contribution in [0.1, 0.15) is 68.7 Å². The van der Waals surface area contributed by atoms with Crippen LogP contribution >= 0.6 is 0 Å². The molecule has 14 nitrogen and oxygen atoms in total. The molecular weight excluding hydrogens is 555 g/mol. The van der Waals surface area contributed by atoms with Crippen molar-refractivity contribution < 1.29 is 13.9 Å². The number of carbonyl (C=O) groups excluding carboxylic acids is 1. The molecule has 0 aliphatic heterocycles. The van der Waals surface area contributed by atoms with Crippen molar-refractivity contribution in [2.24, 2.45) is 0 Å². The lowest BCUT2D eigenvalue weighted by Crippen LogP contribution is -2.51. The van der Waals surface area contributed by atoms with E-state index < -0.39 is 17.5 Å². The molecule has 1 saturated carbocycles. The number of aryl methyl sites for hydroxylation is 2. The Balaban J connectivity index is 1.16. The molecule has 1 aliphatic rings. The van der Waals surface area contributed by atoms with Crippen molar-refractivity contribution in [3.05, 3.63) is 60.1 Å². The fourth-order valence-electron chi connectivity index (χ4n) is 5.45. The molecule has 1 amide bonds. The molecule has 1 fully saturated rings. The number of methoxy groups -OCH3 is 1. The van der Waals surface area contributed by atoms with Gasteiger partial charge < -0.3 is 15.4 Å². The van der Waals surface area contributed by atoms with E-state index in [0.717, 1.165) is 22.9 Å².